The second kappa shape index (κ2) is 10.4. The van der Waals surface area contributed by atoms with Gasteiger partial charge in [0.15, 0.2) is 0 Å². The number of hydrogen-bond acceptors (Lipinski definition) is 6. The first-order valence-corrected chi connectivity index (χ1v) is 18.7. The van der Waals surface area contributed by atoms with Crippen molar-refractivity contribution in [2.45, 2.75) is 32.6 Å². The number of carbonyl (C=O) groups is 3. The van der Waals surface area contributed by atoms with Gasteiger partial charge in [-0.1, -0.05) is 0 Å². The Bertz CT molecular complexity index is 297. The molecule has 0 aromatic carbocycles. The molecule has 0 spiro atoms. The van der Waals surface area contributed by atoms with E-state index >= 15 is 0 Å². The van der Waals surface area contributed by atoms with Crippen molar-refractivity contribution >= 4 is 46.8 Å². The third-order valence-electron chi connectivity index (χ3n) is 3.01. The van der Waals surface area contributed by atoms with Crippen molar-refractivity contribution in [3.63, 3.8) is 0 Å². The van der Waals surface area contributed by atoms with Crippen molar-refractivity contribution in [1.82, 2.24) is 0 Å². The van der Waals surface area contributed by atoms with Crippen LogP contribution < -0.4 is 0 Å². The second-order valence-corrected chi connectivity index (χ2v) is 26.5. The maximum atomic E-state index is 11.3. The van der Waals surface area contributed by atoms with Gasteiger partial charge in [0.1, 0.15) is 0 Å². The predicted octanol–water partition coefficient (Wildman–Crippen LogP) is 2.02. The van der Waals surface area contributed by atoms with Gasteiger partial charge < -0.3 is 0 Å². The number of halogens is 1. The predicted molar refractivity (Wildman–Crippen MR) is 79.0 cm³/mol. The van der Waals surface area contributed by atoms with Gasteiger partial charge in [0.25, 0.3) is 0 Å². The van der Waals surface area contributed by atoms with E-state index < -0.39 is 16.2 Å². The van der Waals surface area contributed by atoms with E-state index in [0.717, 1.165) is 0 Å². The van der Waals surface area contributed by atoms with Gasteiger partial charge in [-0.05, 0) is 0 Å². The van der Waals surface area contributed by atoms with Gasteiger partial charge in [0.05, 0.1) is 0 Å². The van der Waals surface area contributed by atoms with Crippen LogP contribution in [0.4, 0.5) is 0 Å². The molecule has 0 radical (unpaired) electrons. The maximum absolute atomic E-state index is 11.3. The molecular weight excluding hydrogens is 439 g/mol. The van der Waals surface area contributed by atoms with Crippen LogP contribution in [0.5, 0.6) is 0 Å². The van der Waals surface area contributed by atoms with Crippen molar-refractivity contribution in [1.29, 1.82) is 0 Å². The zero-order valence-corrected chi connectivity index (χ0v) is 16.5. The van der Waals surface area contributed by atoms with Gasteiger partial charge in [0.2, 0.25) is 0 Å². The monoisotopic (exact) mass is 460 g/mol. The molecule has 0 unspecified atom stereocenters. The van der Waals surface area contributed by atoms with Crippen molar-refractivity contribution in [2.24, 2.45) is 0 Å². The summed E-state index contributed by atoms with van der Waals surface area (Å²) in [5.74, 6) is -0.829. The summed E-state index contributed by atoms with van der Waals surface area (Å²) in [5, 5.41) is 0. The van der Waals surface area contributed by atoms with E-state index in [2.05, 4.69) is 26.9 Å². The second-order valence-electron chi connectivity index (χ2n) is 4.38. The van der Waals surface area contributed by atoms with Gasteiger partial charge >= 0.3 is 129 Å². The van der Waals surface area contributed by atoms with E-state index in [1.54, 1.807) is 0 Å². The quantitative estimate of drug-likeness (QED) is 0.298. The molecule has 0 rings (SSSR count). The summed E-state index contributed by atoms with van der Waals surface area (Å²) in [5.41, 5.74) is 0. The average molecular weight is 460 g/mol. The normalized spacial score (nSPS) is 10.8. The van der Waals surface area contributed by atoms with E-state index in [1.165, 1.54) is 21.3 Å². The Balaban J connectivity index is 4.51. The van der Waals surface area contributed by atoms with Gasteiger partial charge in [-0.15, -0.1) is 0 Å². The molecule has 0 aliphatic rings. The Morgan fingerprint density at radius 3 is 1.20 bits per heavy atom. The summed E-state index contributed by atoms with van der Waals surface area (Å²) in [6.45, 7) is 0. The third-order valence-corrected chi connectivity index (χ3v) is 20.8. The van der Waals surface area contributed by atoms with Crippen molar-refractivity contribution in [2.75, 3.05) is 21.3 Å². The number of ether oxygens (including phenoxy) is 3. The van der Waals surface area contributed by atoms with E-state index in [9.17, 15) is 14.4 Å². The zero-order chi connectivity index (χ0) is 15.6. The van der Waals surface area contributed by atoms with Gasteiger partial charge in [-0.25, -0.2) is 0 Å². The molecule has 0 saturated carbocycles. The first kappa shape index (κ1) is 19.7. The van der Waals surface area contributed by atoms with Crippen molar-refractivity contribution in [3.8, 4) is 0 Å². The van der Waals surface area contributed by atoms with Crippen LogP contribution >= 0.6 is 12.7 Å². The van der Waals surface area contributed by atoms with Gasteiger partial charge in [0, 0.05) is 0 Å². The molecule has 20 heavy (non-hydrogen) atoms. The van der Waals surface area contributed by atoms with Crippen LogP contribution in [0.1, 0.15) is 19.3 Å². The molecule has 0 fully saturated rings. The molecule has 0 aliphatic heterocycles. The molecular formula is C12H21BrO6Sn. The first-order valence-electron chi connectivity index (χ1n) is 6.26. The van der Waals surface area contributed by atoms with Crippen LogP contribution in [0.15, 0.2) is 0 Å². The van der Waals surface area contributed by atoms with Crippen LogP contribution in [0, 0.1) is 0 Å². The topological polar surface area (TPSA) is 78.9 Å². The van der Waals surface area contributed by atoms with Crippen LogP contribution in [0.2, 0.25) is 13.3 Å². The fourth-order valence-corrected chi connectivity index (χ4v) is 13.4. The first-order chi connectivity index (χ1) is 9.36. The summed E-state index contributed by atoms with van der Waals surface area (Å²) in [6.07, 6.45) is 0.917. The third kappa shape index (κ3) is 8.78. The molecule has 0 saturated heterocycles. The van der Waals surface area contributed by atoms with Gasteiger partial charge in [-0.2, -0.15) is 0 Å². The molecule has 0 aromatic rings. The minimum atomic E-state index is -2.89. The van der Waals surface area contributed by atoms with Gasteiger partial charge in [-0.3, -0.25) is 0 Å². The molecule has 0 N–H and O–H groups in total. The molecule has 6 nitrogen and oxygen atoms in total. The van der Waals surface area contributed by atoms with E-state index in [0.29, 0.717) is 32.6 Å². The van der Waals surface area contributed by atoms with Crippen LogP contribution in [-0.4, -0.2) is 55.4 Å². The summed E-state index contributed by atoms with van der Waals surface area (Å²) < 4.78 is 15.9. The average Bonchev–Trinajstić information content (AvgIpc) is 2.47. The Hall–Kier alpha value is -0.311. The number of carbonyl (C=O) groups excluding carboxylic acids is 3. The number of methoxy groups -OCH3 is 3. The fraction of sp³-hybridized carbons (Fsp3) is 0.750. The molecule has 0 heterocycles. The Morgan fingerprint density at radius 1 is 0.750 bits per heavy atom. The molecule has 0 amide bonds. The molecule has 8 heteroatoms. The Labute approximate surface area is 129 Å². The molecule has 0 atom stereocenters. The Kier molecular flexibility index (Phi) is 10.3. The van der Waals surface area contributed by atoms with Crippen LogP contribution in [-0.2, 0) is 28.6 Å². The summed E-state index contributed by atoms with van der Waals surface area (Å²) in [4.78, 5) is 33.8. The molecule has 0 bridgehead atoms. The Morgan fingerprint density at radius 2 is 1.00 bits per heavy atom. The van der Waals surface area contributed by atoms with E-state index in [-0.39, 0.29) is 17.9 Å². The van der Waals surface area contributed by atoms with Crippen molar-refractivity contribution < 1.29 is 28.6 Å². The molecule has 116 valence electrons. The molecule has 0 aromatic heterocycles. The van der Waals surface area contributed by atoms with E-state index in [4.69, 9.17) is 0 Å². The van der Waals surface area contributed by atoms with Crippen LogP contribution in [0.25, 0.3) is 0 Å². The fourth-order valence-electron chi connectivity index (χ4n) is 1.66. The number of esters is 3. The standard InChI is InChI=1S/3C4H7O2.BrH.Sn/c3*1-3-4(5)6-2;;/h3*1,3H2,2H3;1H;/q;;;;+1/p-1. The summed E-state index contributed by atoms with van der Waals surface area (Å²) in [7, 11) is 4.03. The minimum absolute atomic E-state index is 0.276. The summed E-state index contributed by atoms with van der Waals surface area (Å²) in [6, 6.07) is 0. The number of hydrogen-bond donors (Lipinski definition) is 0. The number of rotatable bonds is 9. The van der Waals surface area contributed by atoms with Crippen LogP contribution in [0.3, 0.4) is 0 Å². The molecule has 0 aliphatic carbocycles. The van der Waals surface area contributed by atoms with E-state index in [1.807, 2.05) is 0 Å². The SMILES string of the molecule is COC(=O)C[CH2][Sn]([Br])([CH2]CC(=O)OC)[CH2]CC(=O)OC. The van der Waals surface area contributed by atoms with Crippen molar-refractivity contribution in [3.05, 3.63) is 0 Å². The zero-order valence-electron chi connectivity index (χ0n) is 12.1. The summed E-state index contributed by atoms with van der Waals surface area (Å²) >= 11 is 0.860.